The predicted molar refractivity (Wildman–Crippen MR) is 264 cm³/mol. The van der Waals surface area contributed by atoms with Gasteiger partial charge < -0.3 is 53.8 Å². The molecule has 0 heterocycles. The van der Waals surface area contributed by atoms with Crippen LogP contribution in [0.25, 0.3) is 0 Å². The van der Waals surface area contributed by atoms with Crippen LogP contribution in [-0.4, -0.2) is 68.7 Å². The third kappa shape index (κ3) is 31.1. The predicted octanol–water partition coefficient (Wildman–Crippen LogP) is 6.86. The van der Waals surface area contributed by atoms with Crippen LogP contribution in [0.4, 0.5) is 9.59 Å². The van der Waals surface area contributed by atoms with Gasteiger partial charge in [-0.15, -0.1) is 0 Å². The molecule has 67 heavy (non-hydrogen) atoms. The van der Waals surface area contributed by atoms with Crippen molar-refractivity contribution < 1.29 is 71.0 Å². The number of ether oxygens (including phenoxy) is 3. The molecule has 0 bridgehead atoms. The largest absolute Gasteiger partial charge is 1.00 e. The third-order valence-corrected chi connectivity index (χ3v) is 9.15. The Balaban J connectivity index is 0. The van der Waals surface area contributed by atoms with Gasteiger partial charge in [-0.2, -0.15) is 0 Å². The maximum absolute atomic E-state index is 11.6. The van der Waals surface area contributed by atoms with E-state index >= 15 is 0 Å². The summed E-state index contributed by atoms with van der Waals surface area (Å²) in [4.78, 5) is 53.4. The number of benzene rings is 4. The molecule has 0 spiro atoms. The van der Waals surface area contributed by atoms with E-state index in [1.165, 1.54) is 32.3 Å². The first-order valence-electron chi connectivity index (χ1n) is 20.8. The van der Waals surface area contributed by atoms with Crippen molar-refractivity contribution in [1.82, 2.24) is 10.6 Å². The Morgan fingerprint density at radius 3 is 1.34 bits per heavy atom. The summed E-state index contributed by atoms with van der Waals surface area (Å²) in [7, 11) is 3.34. The summed E-state index contributed by atoms with van der Waals surface area (Å²) >= 11 is 6.73. The average Bonchev–Trinajstić information content (AvgIpc) is 3.23. The van der Waals surface area contributed by atoms with Crippen molar-refractivity contribution in [3.63, 3.8) is 0 Å². The summed E-state index contributed by atoms with van der Waals surface area (Å²) in [6.45, 7) is 20.3. The van der Waals surface area contributed by atoms with E-state index < -0.39 is 29.4 Å². The van der Waals surface area contributed by atoms with Gasteiger partial charge in [-0.05, 0) is 134 Å². The summed E-state index contributed by atoms with van der Waals surface area (Å²) in [5, 5.41) is 14.3. The molecule has 1 radical (unpaired) electrons. The van der Waals surface area contributed by atoms with Gasteiger partial charge in [-0.3, -0.25) is 0 Å². The molecule has 0 saturated heterocycles. The molecule has 2 amide bonds. The Labute approximate surface area is 420 Å². The molecule has 367 valence electrons. The zero-order valence-electron chi connectivity index (χ0n) is 40.4. The van der Waals surface area contributed by atoms with Crippen molar-refractivity contribution in [1.29, 1.82) is 0 Å². The van der Waals surface area contributed by atoms with Crippen molar-refractivity contribution in [3.8, 4) is 0 Å². The zero-order valence-corrected chi connectivity index (χ0v) is 44.3. The van der Waals surface area contributed by atoms with Crippen molar-refractivity contribution in [3.05, 3.63) is 139 Å². The number of esters is 1. The molecule has 4 aromatic carbocycles. The topological polar surface area (TPSA) is 229 Å². The number of hydrogen-bond acceptors (Lipinski definition) is 11. The van der Waals surface area contributed by atoms with E-state index in [9.17, 15) is 23.9 Å². The van der Waals surface area contributed by atoms with E-state index in [1.807, 2.05) is 102 Å². The summed E-state index contributed by atoms with van der Waals surface area (Å²) in [5.41, 5.74) is 13.5. The summed E-state index contributed by atoms with van der Waals surface area (Å²) in [6.07, 6.45) is -0.893. The van der Waals surface area contributed by atoms with Crippen LogP contribution >= 0.6 is 31.9 Å². The second kappa shape index (κ2) is 33.8. The molecule has 0 aliphatic heterocycles. The Bertz CT molecular complexity index is 2040. The Hall–Kier alpha value is -4.62. The van der Waals surface area contributed by atoms with Gasteiger partial charge in [0.25, 0.3) is 0 Å². The molecule has 0 fully saturated rings. The van der Waals surface area contributed by atoms with Crippen molar-refractivity contribution >= 4 is 70.6 Å². The van der Waals surface area contributed by atoms with Crippen LogP contribution in [0, 0.1) is 0 Å². The SMILES string of the molecule is COC(=O)c1ccc([C@H](C)[NH3+])cc1.C[B]OOCB=O.C[C@H](N)c1ccc(Br)cc1.C[C@H](NC(=O)OC(C)(C)C)c1ccc(Br)cc1.C[C@H](NC(=O)OC(C)(C)C)c1ccc(C(=O)O)cc1.[Cl-]. The van der Waals surface area contributed by atoms with Gasteiger partial charge in [0, 0.05) is 20.6 Å². The number of hydrogen-bond donors (Lipinski definition) is 5. The number of carboxylic acids is 1. The number of methoxy groups -OCH3 is 1. The van der Waals surface area contributed by atoms with E-state index in [2.05, 4.69) is 62.7 Å². The molecule has 4 aromatic rings. The molecule has 0 aliphatic carbocycles. The molecule has 0 aromatic heterocycles. The van der Waals surface area contributed by atoms with Gasteiger partial charge in [0.15, 0.2) is 0 Å². The molecule has 15 nitrogen and oxygen atoms in total. The van der Waals surface area contributed by atoms with Crippen LogP contribution < -0.4 is 34.5 Å². The molecule has 0 saturated carbocycles. The van der Waals surface area contributed by atoms with Gasteiger partial charge >= 0.3 is 66.5 Å². The Morgan fingerprint density at radius 2 is 1.03 bits per heavy atom. The first-order chi connectivity index (χ1) is 30.7. The van der Waals surface area contributed by atoms with E-state index in [0.717, 1.165) is 25.6 Å². The molecular weight excluding hydrogens is 1010 g/mol. The van der Waals surface area contributed by atoms with Crippen molar-refractivity contribution in [2.75, 3.05) is 13.6 Å². The number of halogens is 3. The standard InChI is InChI=1S/C14H19NO4.C13H18BrNO2.C10H13NO2.C8H10BrN.C2H5B2O3.ClH/c1-9(15-13(18)19-14(2,3)4)10-5-7-11(8-6-10)12(16)17;1-9(10-5-7-11(14)8-6-10)15-12(16)17-13(2,3)4;1-7(11)8-3-5-9(6-4-8)10(12)13-2;1-6(10)7-2-4-8(9)5-3-7;1-3-7-6-2-4-5;/h5-9H,1-4H3,(H,15,18)(H,16,17);5-9H,1-4H3,(H,15,16);3-7H,11H2,1-2H3;2-6H,10H2,1H3;2H2,1H3;1H/t2*9-;7-;6-;;/m0000../s1. The fourth-order valence-corrected chi connectivity index (χ4v) is 5.30. The van der Waals surface area contributed by atoms with Gasteiger partial charge in [0.05, 0.1) is 30.3 Å². The maximum Gasteiger partial charge on any atom is 0.408 e. The molecule has 0 aliphatic rings. The van der Waals surface area contributed by atoms with Gasteiger partial charge in [0.2, 0.25) is 0 Å². The van der Waals surface area contributed by atoms with Crippen LogP contribution in [0.15, 0.2) is 106 Å². The number of aromatic carboxylic acids is 1. The zero-order chi connectivity index (χ0) is 50.6. The van der Waals surface area contributed by atoms with Gasteiger partial charge in [-0.25, -0.2) is 19.2 Å². The number of nitrogens with one attached hydrogen (secondary N) is 2. The minimum Gasteiger partial charge on any atom is -1.00 e. The third-order valence-electron chi connectivity index (χ3n) is 8.09. The number of nitrogens with two attached hydrogens (primary N) is 1. The van der Waals surface area contributed by atoms with E-state index in [4.69, 9.17) is 20.3 Å². The second-order valence-corrected chi connectivity index (χ2v) is 18.2. The molecule has 4 rings (SSSR count). The number of alkyl carbamates (subject to hydrolysis) is 2. The number of carbonyl (C=O) groups is 4. The van der Waals surface area contributed by atoms with Crippen LogP contribution in [0.2, 0.25) is 6.82 Å². The van der Waals surface area contributed by atoms with Gasteiger partial charge in [0.1, 0.15) is 17.2 Å². The van der Waals surface area contributed by atoms with Crippen molar-refractivity contribution in [2.24, 2.45) is 5.73 Å². The summed E-state index contributed by atoms with van der Waals surface area (Å²) in [6, 6.07) is 29.6. The van der Waals surface area contributed by atoms with E-state index in [1.54, 1.807) is 58.8 Å². The van der Waals surface area contributed by atoms with Crippen LogP contribution in [0.5, 0.6) is 0 Å². The number of amides is 2. The summed E-state index contributed by atoms with van der Waals surface area (Å²) in [5.74, 6) is -1.28. The number of carbonyl (C=O) groups excluding carboxylic acids is 3. The van der Waals surface area contributed by atoms with E-state index in [0.29, 0.717) is 12.7 Å². The minimum atomic E-state index is -0.973. The normalized spacial score (nSPS) is 12.0. The fraction of sp³-hybridized carbons (Fsp3) is 0.404. The molecule has 0 unspecified atom stereocenters. The van der Waals surface area contributed by atoms with Crippen LogP contribution in [-0.2, 0) is 28.6 Å². The molecular formula is C47H66B2Br2ClN4O11. The Morgan fingerprint density at radius 1 is 0.672 bits per heavy atom. The minimum absolute atomic E-state index is 0. The first kappa shape index (κ1) is 64.5. The quantitative estimate of drug-likeness (QED) is 0.0245. The van der Waals surface area contributed by atoms with Crippen molar-refractivity contribution in [2.45, 2.75) is 111 Å². The smallest absolute Gasteiger partial charge is 0.408 e. The van der Waals surface area contributed by atoms with Crippen LogP contribution in [0.3, 0.4) is 0 Å². The molecule has 8 N–H and O–H groups in total. The maximum atomic E-state index is 11.6. The molecule has 20 heteroatoms. The monoisotopic (exact) mass is 1080 g/mol. The van der Waals surface area contributed by atoms with Gasteiger partial charge in [-0.1, -0.05) is 80.4 Å². The number of rotatable bonds is 12. The number of carboxylic acid groups (broad SMARTS) is 1. The first-order valence-corrected chi connectivity index (χ1v) is 22.4. The molecule has 4 atom stereocenters. The summed E-state index contributed by atoms with van der Waals surface area (Å²) < 4.78 is 26.5. The fourth-order valence-electron chi connectivity index (χ4n) is 4.77. The van der Waals surface area contributed by atoms with E-state index in [-0.39, 0.29) is 54.6 Å². The average molecular weight is 1080 g/mol. The Kier molecular flexibility index (Phi) is 32.5. The number of quaternary nitrogens is 1. The second-order valence-electron chi connectivity index (χ2n) is 16.4. The van der Waals surface area contributed by atoms with Crippen LogP contribution in [0.1, 0.15) is 136 Å².